The smallest absolute Gasteiger partial charge is 0.335 e. The van der Waals surface area contributed by atoms with Gasteiger partial charge in [-0.1, -0.05) is 24.3 Å². The minimum Gasteiger partial charge on any atom is -0.493 e. The van der Waals surface area contributed by atoms with E-state index in [0.717, 1.165) is 16.7 Å². The first-order valence-corrected chi connectivity index (χ1v) is 11.3. The number of methoxy groups -OCH3 is 1. The van der Waals surface area contributed by atoms with E-state index >= 15 is 0 Å². The van der Waals surface area contributed by atoms with E-state index < -0.39 is 11.9 Å². The maximum Gasteiger partial charge on any atom is 0.335 e. The first kappa shape index (κ1) is 25.5. The van der Waals surface area contributed by atoms with Gasteiger partial charge in [0.2, 0.25) is 0 Å². The van der Waals surface area contributed by atoms with Crippen LogP contribution in [0.3, 0.4) is 0 Å². The molecule has 0 atom stereocenters. The van der Waals surface area contributed by atoms with Gasteiger partial charge in [-0.15, -0.1) is 0 Å². The highest BCUT2D eigenvalue weighted by atomic mass is 79.9. The first-order chi connectivity index (χ1) is 16.7. The third-order valence-corrected chi connectivity index (χ3v) is 5.74. The summed E-state index contributed by atoms with van der Waals surface area (Å²) in [4.78, 5) is 23.7. The quantitative estimate of drug-likeness (QED) is 0.275. The van der Waals surface area contributed by atoms with Crippen LogP contribution in [0.1, 0.15) is 32.6 Å². The number of ether oxygens (including phenoxy) is 2. The summed E-state index contributed by atoms with van der Waals surface area (Å²) in [6.07, 6.45) is 1.47. The van der Waals surface area contributed by atoms with Gasteiger partial charge in [0.25, 0.3) is 5.91 Å². The Morgan fingerprint density at radius 2 is 1.83 bits per heavy atom. The number of carboxylic acid groups (broad SMARTS) is 1. The van der Waals surface area contributed by atoms with Crippen LogP contribution >= 0.6 is 15.9 Å². The number of halogens is 1. The Balaban J connectivity index is 1.81. The largest absolute Gasteiger partial charge is 0.493 e. The number of carbonyl (C=O) groups excluding carboxylic acids is 1. The molecule has 3 aromatic carbocycles. The molecule has 0 radical (unpaired) electrons. The molecule has 3 aromatic rings. The molecule has 7 nitrogen and oxygen atoms in total. The SMILES string of the molecule is COc1cc(/C=C(\C#N)C(=O)Nc2cc(C)ccc2C)cc(Br)c1OCc1ccc(C(=O)O)cc1. The fourth-order valence-electron chi connectivity index (χ4n) is 3.24. The maximum atomic E-state index is 12.7. The van der Waals surface area contributed by atoms with Gasteiger partial charge in [-0.25, -0.2) is 4.79 Å². The van der Waals surface area contributed by atoms with Crippen molar-refractivity contribution in [3.63, 3.8) is 0 Å². The van der Waals surface area contributed by atoms with Gasteiger partial charge in [0, 0.05) is 5.69 Å². The predicted octanol–water partition coefficient (Wildman–Crippen LogP) is 5.90. The number of nitrogens with one attached hydrogen (secondary N) is 1. The monoisotopic (exact) mass is 534 g/mol. The maximum absolute atomic E-state index is 12.7. The average Bonchev–Trinajstić information content (AvgIpc) is 2.83. The third kappa shape index (κ3) is 6.49. The number of rotatable bonds is 8. The Labute approximate surface area is 211 Å². The molecule has 0 spiro atoms. The van der Waals surface area contributed by atoms with Crippen LogP contribution in [-0.4, -0.2) is 24.1 Å². The van der Waals surface area contributed by atoms with Crippen molar-refractivity contribution in [2.45, 2.75) is 20.5 Å². The zero-order valence-electron chi connectivity index (χ0n) is 19.4. The van der Waals surface area contributed by atoms with E-state index in [0.29, 0.717) is 27.2 Å². The highest BCUT2D eigenvalue weighted by molar-refractivity contribution is 9.10. The van der Waals surface area contributed by atoms with Crippen LogP contribution in [0.15, 0.2) is 64.6 Å². The Kier molecular flexibility index (Phi) is 8.29. The molecule has 35 heavy (non-hydrogen) atoms. The summed E-state index contributed by atoms with van der Waals surface area (Å²) in [7, 11) is 1.49. The van der Waals surface area contributed by atoms with E-state index in [1.54, 1.807) is 24.3 Å². The number of amides is 1. The standard InChI is InChI=1S/C27H23BrN2O5/c1-16-4-5-17(2)23(10-16)30-26(31)21(14-29)11-19-12-22(28)25(24(13-19)34-3)35-15-18-6-8-20(9-7-18)27(32)33/h4-13H,15H2,1-3H3,(H,30,31)(H,32,33)/b21-11+. The van der Waals surface area contributed by atoms with Gasteiger partial charge in [-0.05, 0) is 88.4 Å². The van der Waals surface area contributed by atoms with Crippen LogP contribution < -0.4 is 14.8 Å². The van der Waals surface area contributed by atoms with E-state index in [1.165, 1.54) is 25.3 Å². The fourth-order valence-corrected chi connectivity index (χ4v) is 3.81. The molecule has 0 aliphatic heterocycles. The van der Waals surface area contributed by atoms with Crippen LogP contribution in [0.2, 0.25) is 0 Å². The van der Waals surface area contributed by atoms with Crippen molar-refractivity contribution in [3.05, 3.63) is 92.5 Å². The number of hydrogen-bond donors (Lipinski definition) is 2. The molecule has 3 rings (SSSR count). The number of carbonyl (C=O) groups is 2. The molecule has 0 saturated carbocycles. The van der Waals surface area contributed by atoms with Crippen molar-refractivity contribution in [1.29, 1.82) is 5.26 Å². The number of anilines is 1. The van der Waals surface area contributed by atoms with Crippen LogP contribution in [0, 0.1) is 25.2 Å². The Morgan fingerprint density at radius 3 is 2.46 bits per heavy atom. The van der Waals surface area contributed by atoms with Crippen molar-refractivity contribution in [1.82, 2.24) is 0 Å². The zero-order chi connectivity index (χ0) is 25.5. The lowest BCUT2D eigenvalue weighted by atomic mass is 10.1. The lowest BCUT2D eigenvalue weighted by Crippen LogP contribution is -2.14. The Hall–Kier alpha value is -4.09. The number of benzene rings is 3. The van der Waals surface area contributed by atoms with Gasteiger partial charge in [0.05, 0.1) is 17.1 Å². The first-order valence-electron chi connectivity index (χ1n) is 10.5. The number of aromatic carboxylic acids is 1. The minimum atomic E-state index is -0.995. The van der Waals surface area contributed by atoms with Gasteiger partial charge in [0.15, 0.2) is 11.5 Å². The summed E-state index contributed by atoms with van der Waals surface area (Å²) in [5, 5.41) is 21.4. The summed E-state index contributed by atoms with van der Waals surface area (Å²) in [6.45, 7) is 3.99. The average molecular weight is 535 g/mol. The van der Waals surface area contributed by atoms with E-state index in [-0.39, 0.29) is 17.7 Å². The predicted molar refractivity (Wildman–Crippen MR) is 137 cm³/mol. The number of carboxylic acids is 1. The summed E-state index contributed by atoms with van der Waals surface area (Å²) in [5.41, 5.74) is 4.02. The summed E-state index contributed by atoms with van der Waals surface area (Å²) in [6, 6.07) is 17.4. The van der Waals surface area contributed by atoms with E-state index in [4.69, 9.17) is 14.6 Å². The lowest BCUT2D eigenvalue weighted by molar-refractivity contribution is -0.112. The minimum absolute atomic E-state index is 0.0629. The lowest BCUT2D eigenvalue weighted by Gasteiger charge is -2.14. The molecular weight excluding hydrogens is 512 g/mol. The van der Waals surface area contributed by atoms with Gasteiger partial charge in [-0.2, -0.15) is 5.26 Å². The van der Waals surface area contributed by atoms with Gasteiger partial charge in [0.1, 0.15) is 18.2 Å². The van der Waals surface area contributed by atoms with Crippen LogP contribution in [0.25, 0.3) is 6.08 Å². The Bertz CT molecular complexity index is 1340. The number of nitrogens with zero attached hydrogens (tertiary/aromatic N) is 1. The van der Waals surface area contributed by atoms with Crippen molar-refractivity contribution >= 4 is 39.6 Å². The summed E-state index contributed by atoms with van der Waals surface area (Å²) >= 11 is 3.47. The molecule has 0 fully saturated rings. The van der Waals surface area contributed by atoms with Gasteiger partial charge < -0.3 is 19.9 Å². The molecule has 178 valence electrons. The topological polar surface area (TPSA) is 109 Å². The van der Waals surface area contributed by atoms with Gasteiger partial charge in [-0.3, -0.25) is 4.79 Å². The van der Waals surface area contributed by atoms with Crippen molar-refractivity contribution in [2.24, 2.45) is 0 Å². The molecule has 0 unspecified atom stereocenters. The third-order valence-electron chi connectivity index (χ3n) is 5.15. The molecule has 0 aliphatic rings. The molecule has 8 heteroatoms. The summed E-state index contributed by atoms with van der Waals surface area (Å²) in [5.74, 6) is -0.670. The van der Waals surface area contributed by atoms with Crippen LogP contribution in [-0.2, 0) is 11.4 Å². The second-order valence-electron chi connectivity index (χ2n) is 7.77. The van der Waals surface area contributed by atoms with E-state index in [9.17, 15) is 14.9 Å². The molecular formula is C27H23BrN2O5. The van der Waals surface area contributed by atoms with Crippen molar-refractivity contribution in [3.8, 4) is 17.6 Å². The normalized spacial score (nSPS) is 10.9. The second kappa shape index (κ2) is 11.4. The van der Waals surface area contributed by atoms with Crippen LogP contribution in [0.4, 0.5) is 5.69 Å². The summed E-state index contributed by atoms with van der Waals surface area (Å²) < 4.78 is 11.9. The van der Waals surface area contributed by atoms with Crippen molar-refractivity contribution in [2.75, 3.05) is 12.4 Å². The number of hydrogen-bond acceptors (Lipinski definition) is 5. The highest BCUT2D eigenvalue weighted by Crippen LogP contribution is 2.38. The number of nitriles is 1. The van der Waals surface area contributed by atoms with Crippen molar-refractivity contribution < 1.29 is 24.2 Å². The van der Waals surface area contributed by atoms with E-state index in [2.05, 4.69) is 21.2 Å². The molecule has 0 heterocycles. The molecule has 1 amide bonds. The molecule has 0 aromatic heterocycles. The number of aryl methyl sites for hydroxylation is 2. The highest BCUT2D eigenvalue weighted by Gasteiger charge is 2.15. The van der Waals surface area contributed by atoms with E-state index in [1.807, 2.05) is 38.1 Å². The molecule has 0 saturated heterocycles. The fraction of sp³-hybridized carbons (Fsp3) is 0.148. The second-order valence-corrected chi connectivity index (χ2v) is 8.62. The zero-order valence-corrected chi connectivity index (χ0v) is 21.0. The molecule has 0 aliphatic carbocycles. The Morgan fingerprint density at radius 1 is 1.11 bits per heavy atom. The van der Waals surface area contributed by atoms with Crippen LogP contribution in [0.5, 0.6) is 11.5 Å². The van der Waals surface area contributed by atoms with Gasteiger partial charge >= 0.3 is 5.97 Å². The molecule has 0 bridgehead atoms. The molecule has 2 N–H and O–H groups in total.